The van der Waals surface area contributed by atoms with E-state index in [0.29, 0.717) is 12.0 Å². The zero-order valence-electron chi connectivity index (χ0n) is 10.4. The molecule has 1 aromatic rings. The number of carboxylic acid groups (broad SMARTS) is 1. The van der Waals surface area contributed by atoms with Crippen LogP contribution in [0.3, 0.4) is 0 Å². The minimum absolute atomic E-state index is 0.247. The van der Waals surface area contributed by atoms with Gasteiger partial charge in [-0.25, -0.2) is 4.79 Å². The molecule has 0 aromatic carbocycles. The van der Waals surface area contributed by atoms with Crippen LogP contribution in [0, 0.1) is 0 Å². The van der Waals surface area contributed by atoms with Gasteiger partial charge in [-0.3, -0.25) is 4.79 Å². The molecule has 0 fully saturated rings. The molecule has 1 amide bonds. The van der Waals surface area contributed by atoms with Gasteiger partial charge in [0.15, 0.2) is 0 Å². The monoisotopic (exact) mass is 267 g/mol. The third-order valence-corrected chi connectivity index (χ3v) is 4.41. The smallest absolute Gasteiger partial charge is 0.326 e. The van der Waals surface area contributed by atoms with Gasteiger partial charge in [0.05, 0.1) is 5.56 Å². The Hall–Kier alpha value is -1.36. The van der Waals surface area contributed by atoms with Crippen molar-refractivity contribution in [2.45, 2.75) is 45.1 Å². The lowest BCUT2D eigenvalue weighted by atomic mass is 9.95. The van der Waals surface area contributed by atoms with E-state index in [9.17, 15) is 9.59 Å². The van der Waals surface area contributed by atoms with Crippen molar-refractivity contribution < 1.29 is 14.7 Å². The van der Waals surface area contributed by atoms with Crippen LogP contribution in [0.5, 0.6) is 0 Å². The minimum atomic E-state index is -0.977. The maximum absolute atomic E-state index is 12.1. The van der Waals surface area contributed by atoms with E-state index < -0.39 is 12.0 Å². The van der Waals surface area contributed by atoms with Gasteiger partial charge in [-0.2, -0.15) is 0 Å². The Labute approximate surface area is 110 Å². The standard InChI is InChI=1S/C13H17NO3S/c1-2-10(13(16)17)14-12(15)9-7-18-11-6-4-3-5-8(9)11/h7,10H,2-6H2,1H3,(H,14,15)(H,16,17)/t10-/m0/s1. The Morgan fingerprint density at radius 3 is 2.83 bits per heavy atom. The molecule has 0 saturated carbocycles. The van der Waals surface area contributed by atoms with Gasteiger partial charge in [-0.15, -0.1) is 11.3 Å². The quantitative estimate of drug-likeness (QED) is 0.879. The van der Waals surface area contributed by atoms with E-state index in [1.807, 2.05) is 5.38 Å². The highest BCUT2D eigenvalue weighted by Crippen LogP contribution is 2.30. The van der Waals surface area contributed by atoms with Gasteiger partial charge in [-0.05, 0) is 37.7 Å². The van der Waals surface area contributed by atoms with E-state index in [1.54, 1.807) is 18.3 Å². The lowest BCUT2D eigenvalue weighted by Gasteiger charge is -2.15. The Morgan fingerprint density at radius 2 is 2.17 bits per heavy atom. The number of carbonyl (C=O) groups excluding carboxylic acids is 1. The summed E-state index contributed by atoms with van der Waals surface area (Å²) in [6, 6.07) is -0.795. The first-order valence-electron chi connectivity index (χ1n) is 6.26. The average Bonchev–Trinajstić information content (AvgIpc) is 2.79. The summed E-state index contributed by atoms with van der Waals surface area (Å²) in [5.41, 5.74) is 1.80. The lowest BCUT2D eigenvalue weighted by molar-refractivity contribution is -0.139. The van der Waals surface area contributed by atoms with Crippen molar-refractivity contribution in [1.29, 1.82) is 0 Å². The van der Waals surface area contributed by atoms with Crippen LogP contribution in [0.25, 0.3) is 0 Å². The van der Waals surface area contributed by atoms with Crippen LogP contribution in [0.2, 0.25) is 0 Å². The van der Waals surface area contributed by atoms with Crippen LogP contribution >= 0.6 is 11.3 Å². The minimum Gasteiger partial charge on any atom is -0.480 e. The van der Waals surface area contributed by atoms with E-state index in [4.69, 9.17) is 5.11 Å². The molecule has 0 aliphatic heterocycles. The molecule has 2 rings (SSSR count). The van der Waals surface area contributed by atoms with Crippen molar-refractivity contribution in [3.63, 3.8) is 0 Å². The van der Waals surface area contributed by atoms with Gasteiger partial charge in [0.25, 0.3) is 5.91 Å². The zero-order valence-corrected chi connectivity index (χ0v) is 11.2. The van der Waals surface area contributed by atoms with Crippen molar-refractivity contribution in [2.24, 2.45) is 0 Å². The predicted molar refractivity (Wildman–Crippen MR) is 70.1 cm³/mol. The zero-order chi connectivity index (χ0) is 13.1. The molecule has 0 spiro atoms. The molecule has 1 aliphatic carbocycles. The highest BCUT2D eigenvalue weighted by molar-refractivity contribution is 7.10. The number of hydrogen-bond donors (Lipinski definition) is 2. The number of nitrogens with one attached hydrogen (secondary N) is 1. The topological polar surface area (TPSA) is 66.4 Å². The summed E-state index contributed by atoms with van der Waals surface area (Å²) in [6.45, 7) is 1.75. The SMILES string of the molecule is CC[C@H](NC(=O)c1csc2c1CCCC2)C(=O)O. The maximum Gasteiger partial charge on any atom is 0.326 e. The largest absolute Gasteiger partial charge is 0.480 e. The molecular weight excluding hydrogens is 250 g/mol. The fraction of sp³-hybridized carbons (Fsp3) is 0.538. The first-order valence-corrected chi connectivity index (χ1v) is 7.14. The second kappa shape index (κ2) is 5.52. The number of hydrogen-bond acceptors (Lipinski definition) is 3. The van der Waals surface area contributed by atoms with Crippen molar-refractivity contribution >= 4 is 23.2 Å². The summed E-state index contributed by atoms with van der Waals surface area (Å²) >= 11 is 1.62. The number of amides is 1. The van der Waals surface area contributed by atoms with Crippen LogP contribution in [0.15, 0.2) is 5.38 Å². The summed E-state index contributed by atoms with van der Waals surface area (Å²) in [4.78, 5) is 24.3. The van der Waals surface area contributed by atoms with Gasteiger partial charge in [0.1, 0.15) is 6.04 Å². The molecule has 0 saturated heterocycles. The fourth-order valence-electron chi connectivity index (χ4n) is 2.26. The van der Waals surface area contributed by atoms with Gasteiger partial charge in [0.2, 0.25) is 0 Å². The number of thiophene rings is 1. The third kappa shape index (κ3) is 2.56. The molecule has 0 bridgehead atoms. The summed E-state index contributed by atoms with van der Waals surface area (Å²) in [7, 11) is 0. The van der Waals surface area contributed by atoms with Crippen molar-refractivity contribution in [2.75, 3.05) is 0 Å². The van der Waals surface area contributed by atoms with E-state index in [1.165, 1.54) is 11.3 Å². The summed E-state index contributed by atoms with van der Waals surface area (Å²) in [6.07, 6.45) is 4.67. The average molecular weight is 267 g/mol. The number of aliphatic carboxylic acids is 1. The normalized spacial score (nSPS) is 15.8. The second-order valence-corrected chi connectivity index (χ2v) is 5.49. The molecule has 1 aliphatic rings. The van der Waals surface area contributed by atoms with Crippen LogP contribution in [-0.4, -0.2) is 23.0 Å². The van der Waals surface area contributed by atoms with Gasteiger partial charge in [-0.1, -0.05) is 6.92 Å². The lowest BCUT2D eigenvalue weighted by Crippen LogP contribution is -2.40. The first-order chi connectivity index (χ1) is 8.63. The van der Waals surface area contributed by atoms with E-state index in [2.05, 4.69) is 5.32 Å². The summed E-state index contributed by atoms with van der Waals surface area (Å²) < 4.78 is 0. The van der Waals surface area contributed by atoms with Crippen LogP contribution in [0.4, 0.5) is 0 Å². The molecule has 5 heteroatoms. The molecule has 0 unspecified atom stereocenters. The maximum atomic E-state index is 12.1. The molecule has 1 heterocycles. The molecule has 4 nitrogen and oxygen atoms in total. The first kappa shape index (κ1) is 13.1. The van der Waals surface area contributed by atoms with E-state index in [-0.39, 0.29) is 5.91 Å². The molecule has 98 valence electrons. The number of aryl methyl sites for hydroxylation is 1. The number of carbonyl (C=O) groups is 2. The fourth-order valence-corrected chi connectivity index (χ4v) is 3.38. The number of fused-ring (bicyclic) bond motifs is 1. The summed E-state index contributed by atoms with van der Waals surface area (Å²) in [5.74, 6) is -1.22. The van der Waals surface area contributed by atoms with Crippen LogP contribution < -0.4 is 5.32 Å². The Balaban J connectivity index is 2.14. The number of rotatable bonds is 4. The molecule has 2 N–H and O–H groups in total. The highest BCUT2D eigenvalue weighted by Gasteiger charge is 2.23. The van der Waals surface area contributed by atoms with Crippen LogP contribution in [0.1, 0.15) is 47.0 Å². The molecule has 1 atom stereocenters. The van der Waals surface area contributed by atoms with E-state index >= 15 is 0 Å². The van der Waals surface area contributed by atoms with Gasteiger partial charge >= 0.3 is 5.97 Å². The van der Waals surface area contributed by atoms with Crippen LogP contribution in [-0.2, 0) is 17.6 Å². The third-order valence-electron chi connectivity index (χ3n) is 3.32. The molecule has 18 heavy (non-hydrogen) atoms. The molecular formula is C13H17NO3S. The van der Waals surface area contributed by atoms with Crippen molar-refractivity contribution in [3.8, 4) is 0 Å². The Kier molecular flexibility index (Phi) is 4.01. The molecule has 1 aromatic heterocycles. The number of carboxylic acids is 1. The Morgan fingerprint density at radius 1 is 1.44 bits per heavy atom. The highest BCUT2D eigenvalue weighted by atomic mass is 32.1. The van der Waals surface area contributed by atoms with Gasteiger partial charge in [0, 0.05) is 10.3 Å². The Bertz CT molecular complexity index is 467. The molecule has 0 radical (unpaired) electrons. The summed E-state index contributed by atoms with van der Waals surface area (Å²) in [5, 5.41) is 13.4. The predicted octanol–water partition coefficient (Wildman–Crippen LogP) is 2.22. The van der Waals surface area contributed by atoms with Gasteiger partial charge < -0.3 is 10.4 Å². The second-order valence-electron chi connectivity index (χ2n) is 4.53. The van der Waals surface area contributed by atoms with Crippen molar-refractivity contribution in [1.82, 2.24) is 5.32 Å². The van der Waals surface area contributed by atoms with E-state index in [0.717, 1.165) is 24.8 Å². The van der Waals surface area contributed by atoms with Crippen molar-refractivity contribution in [3.05, 3.63) is 21.4 Å².